The summed E-state index contributed by atoms with van der Waals surface area (Å²) < 4.78 is 26.2. The lowest BCUT2D eigenvalue weighted by atomic mass is 9.99. The highest BCUT2D eigenvalue weighted by Gasteiger charge is 2.23. The van der Waals surface area contributed by atoms with Gasteiger partial charge >= 0.3 is 0 Å². The van der Waals surface area contributed by atoms with Crippen LogP contribution in [0.4, 0.5) is 0 Å². The first-order valence-electron chi connectivity index (χ1n) is 9.88. The van der Waals surface area contributed by atoms with Crippen molar-refractivity contribution in [3.63, 3.8) is 0 Å². The maximum Gasteiger partial charge on any atom is 0.255 e. The monoisotopic (exact) mass is 408 g/mol. The summed E-state index contributed by atoms with van der Waals surface area (Å²) in [7, 11) is -3.58. The molecular formula is C23H24N2O3S. The van der Waals surface area contributed by atoms with Crippen molar-refractivity contribution in [3.05, 3.63) is 72.1 Å². The standard InChI is InChI=1S/C23H24N2O3S/c1-17-9-11-25(12-10-17)23(26)20-13-18(14-24-15-20)16-29(27,28)22-8-4-6-19-5-2-3-7-21(19)22/h2-8,13-15,17H,9-12,16H2,1H3. The van der Waals surface area contributed by atoms with E-state index in [1.165, 1.54) is 12.4 Å². The number of likely N-dealkylation sites (tertiary alicyclic amines) is 1. The second-order valence-corrected chi connectivity index (χ2v) is 9.75. The van der Waals surface area contributed by atoms with Gasteiger partial charge in [-0.2, -0.15) is 0 Å². The number of pyridine rings is 1. The Kier molecular flexibility index (Phi) is 5.37. The number of fused-ring (bicyclic) bond motifs is 1. The van der Waals surface area contributed by atoms with Crippen LogP contribution in [0.3, 0.4) is 0 Å². The summed E-state index contributed by atoms with van der Waals surface area (Å²) in [5.41, 5.74) is 0.972. The van der Waals surface area contributed by atoms with E-state index >= 15 is 0 Å². The number of nitrogens with zero attached hydrogens (tertiary/aromatic N) is 2. The van der Waals surface area contributed by atoms with Crippen LogP contribution >= 0.6 is 0 Å². The molecule has 0 spiro atoms. The molecular weight excluding hydrogens is 384 g/mol. The van der Waals surface area contributed by atoms with Crippen LogP contribution in [0.2, 0.25) is 0 Å². The van der Waals surface area contributed by atoms with E-state index < -0.39 is 9.84 Å². The Morgan fingerprint density at radius 2 is 1.79 bits per heavy atom. The van der Waals surface area contributed by atoms with E-state index in [9.17, 15) is 13.2 Å². The van der Waals surface area contributed by atoms with E-state index in [0.717, 1.165) is 31.3 Å². The van der Waals surface area contributed by atoms with Gasteiger partial charge in [0.25, 0.3) is 5.91 Å². The van der Waals surface area contributed by atoms with Crippen molar-refractivity contribution in [2.45, 2.75) is 30.4 Å². The molecule has 0 radical (unpaired) electrons. The highest BCUT2D eigenvalue weighted by Crippen LogP contribution is 2.26. The molecule has 29 heavy (non-hydrogen) atoms. The Hall–Kier alpha value is -2.73. The van der Waals surface area contributed by atoms with Crippen molar-refractivity contribution in [1.82, 2.24) is 9.88 Å². The fraction of sp³-hybridized carbons (Fsp3) is 0.304. The van der Waals surface area contributed by atoms with Gasteiger partial charge in [0.05, 0.1) is 16.2 Å². The van der Waals surface area contributed by atoms with E-state index in [-0.39, 0.29) is 11.7 Å². The van der Waals surface area contributed by atoms with Gasteiger partial charge in [-0.15, -0.1) is 0 Å². The number of hydrogen-bond acceptors (Lipinski definition) is 4. The molecule has 5 nitrogen and oxygen atoms in total. The molecule has 2 heterocycles. The minimum Gasteiger partial charge on any atom is -0.339 e. The topological polar surface area (TPSA) is 67.3 Å². The molecule has 150 valence electrons. The van der Waals surface area contributed by atoms with E-state index in [4.69, 9.17) is 0 Å². The lowest BCUT2D eigenvalue weighted by Crippen LogP contribution is -2.38. The maximum atomic E-state index is 13.1. The number of piperidine rings is 1. The molecule has 0 atom stereocenters. The number of carbonyl (C=O) groups is 1. The van der Waals surface area contributed by atoms with Crippen LogP contribution in [-0.2, 0) is 15.6 Å². The molecule has 0 unspecified atom stereocenters. The number of carbonyl (C=O) groups excluding carboxylic acids is 1. The molecule has 1 aliphatic heterocycles. The Bertz CT molecular complexity index is 1140. The summed E-state index contributed by atoms with van der Waals surface area (Å²) in [5, 5.41) is 1.59. The SMILES string of the molecule is CC1CCN(C(=O)c2cncc(CS(=O)(=O)c3cccc4ccccc34)c2)CC1. The third-order valence-electron chi connectivity index (χ3n) is 5.55. The van der Waals surface area contributed by atoms with Crippen molar-refractivity contribution in [3.8, 4) is 0 Å². The number of rotatable bonds is 4. The summed E-state index contributed by atoms with van der Waals surface area (Å²) in [6, 6.07) is 14.4. The molecule has 1 aromatic heterocycles. The molecule has 1 aliphatic rings. The van der Waals surface area contributed by atoms with E-state index in [0.29, 0.717) is 27.3 Å². The third kappa shape index (κ3) is 4.17. The first kappa shape index (κ1) is 19.6. The second-order valence-electron chi connectivity index (χ2n) is 7.79. The van der Waals surface area contributed by atoms with Crippen LogP contribution in [-0.4, -0.2) is 37.3 Å². The lowest BCUT2D eigenvalue weighted by molar-refractivity contribution is 0.0696. The largest absolute Gasteiger partial charge is 0.339 e. The highest BCUT2D eigenvalue weighted by atomic mass is 32.2. The number of hydrogen-bond donors (Lipinski definition) is 0. The molecule has 1 amide bonds. The van der Waals surface area contributed by atoms with E-state index in [1.807, 2.05) is 35.2 Å². The minimum atomic E-state index is -3.58. The van der Waals surface area contributed by atoms with Crippen LogP contribution in [0, 0.1) is 5.92 Å². The highest BCUT2D eigenvalue weighted by molar-refractivity contribution is 7.90. The minimum absolute atomic E-state index is 0.0752. The van der Waals surface area contributed by atoms with Gasteiger partial charge in [-0.3, -0.25) is 9.78 Å². The Morgan fingerprint density at radius 1 is 1.07 bits per heavy atom. The van der Waals surface area contributed by atoms with Crippen LogP contribution in [0.25, 0.3) is 10.8 Å². The fourth-order valence-electron chi connectivity index (χ4n) is 3.84. The van der Waals surface area contributed by atoms with E-state index in [2.05, 4.69) is 11.9 Å². The lowest BCUT2D eigenvalue weighted by Gasteiger charge is -2.30. The number of amides is 1. The first-order chi connectivity index (χ1) is 13.9. The number of aromatic nitrogens is 1. The van der Waals surface area contributed by atoms with Gasteiger partial charge in [-0.05, 0) is 41.8 Å². The van der Waals surface area contributed by atoms with Crippen LogP contribution in [0.15, 0.2) is 65.8 Å². The summed E-state index contributed by atoms with van der Waals surface area (Å²) in [6.07, 6.45) is 5.04. The molecule has 0 saturated carbocycles. The normalized spacial score (nSPS) is 15.6. The summed E-state index contributed by atoms with van der Waals surface area (Å²) >= 11 is 0. The molecule has 1 fully saturated rings. The van der Waals surface area contributed by atoms with Crippen molar-refractivity contribution >= 4 is 26.5 Å². The molecule has 2 aromatic carbocycles. The first-order valence-corrected chi connectivity index (χ1v) is 11.5. The average molecular weight is 409 g/mol. The van der Waals surface area contributed by atoms with Gasteiger partial charge in [0.15, 0.2) is 9.84 Å². The zero-order chi connectivity index (χ0) is 20.4. The van der Waals surface area contributed by atoms with Gasteiger partial charge in [-0.25, -0.2) is 8.42 Å². The summed E-state index contributed by atoms with van der Waals surface area (Å²) in [6.45, 7) is 3.67. The smallest absolute Gasteiger partial charge is 0.255 e. The van der Waals surface area contributed by atoms with Crippen LogP contribution < -0.4 is 0 Å². The Morgan fingerprint density at radius 3 is 2.59 bits per heavy atom. The van der Waals surface area contributed by atoms with Crippen LogP contribution in [0.5, 0.6) is 0 Å². The van der Waals surface area contributed by atoms with Crippen molar-refractivity contribution < 1.29 is 13.2 Å². The second kappa shape index (κ2) is 7.95. The third-order valence-corrected chi connectivity index (χ3v) is 7.29. The van der Waals surface area contributed by atoms with Gasteiger partial charge in [0, 0.05) is 30.9 Å². The van der Waals surface area contributed by atoms with Gasteiger partial charge in [0.1, 0.15) is 0 Å². The fourth-order valence-corrected chi connectivity index (χ4v) is 5.40. The van der Waals surface area contributed by atoms with E-state index in [1.54, 1.807) is 18.2 Å². The molecule has 1 saturated heterocycles. The zero-order valence-corrected chi connectivity index (χ0v) is 17.2. The van der Waals surface area contributed by atoms with Gasteiger partial charge in [0.2, 0.25) is 0 Å². The molecule has 0 aliphatic carbocycles. The van der Waals surface area contributed by atoms with Crippen molar-refractivity contribution in [2.75, 3.05) is 13.1 Å². The Balaban J connectivity index is 1.59. The summed E-state index contributed by atoms with van der Waals surface area (Å²) in [5.74, 6) is 0.370. The summed E-state index contributed by atoms with van der Waals surface area (Å²) in [4.78, 5) is 19.1. The van der Waals surface area contributed by atoms with Gasteiger partial charge < -0.3 is 4.90 Å². The van der Waals surface area contributed by atoms with Crippen molar-refractivity contribution in [1.29, 1.82) is 0 Å². The zero-order valence-electron chi connectivity index (χ0n) is 16.4. The Labute approximate surface area is 171 Å². The van der Waals surface area contributed by atoms with Crippen LogP contribution in [0.1, 0.15) is 35.7 Å². The number of sulfone groups is 1. The maximum absolute atomic E-state index is 13.1. The quantitative estimate of drug-likeness (QED) is 0.652. The average Bonchev–Trinajstić information content (AvgIpc) is 2.73. The predicted molar refractivity (Wildman–Crippen MR) is 113 cm³/mol. The predicted octanol–water partition coefficient (Wildman–Crippen LogP) is 4.08. The molecule has 0 N–H and O–H groups in total. The molecule has 0 bridgehead atoms. The van der Waals surface area contributed by atoms with Gasteiger partial charge in [-0.1, -0.05) is 43.3 Å². The molecule has 3 aromatic rings. The molecule has 4 rings (SSSR count). The molecule has 6 heteroatoms. The number of benzene rings is 2. The van der Waals surface area contributed by atoms with Crippen molar-refractivity contribution in [2.24, 2.45) is 5.92 Å².